The minimum atomic E-state index is 0.528. The van der Waals surface area contributed by atoms with Crippen LogP contribution in [0.25, 0.3) is 5.82 Å². The van der Waals surface area contributed by atoms with Crippen molar-refractivity contribution in [3.8, 4) is 0 Å². The van der Waals surface area contributed by atoms with Crippen LogP contribution in [0.1, 0.15) is 0 Å². The SMILES string of the molecule is CNC1=c2ccoc2=NCN1c1ccc(N)cc1. The minimum Gasteiger partial charge on any atom is -0.446 e. The maximum Gasteiger partial charge on any atom is 0.226 e. The first-order valence-electron chi connectivity index (χ1n) is 5.73. The van der Waals surface area contributed by atoms with E-state index >= 15 is 0 Å². The molecule has 0 amide bonds. The molecule has 0 saturated heterocycles. The van der Waals surface area contributed by atoms with Crippen molar-refractivity contribution in [2.24, 2.45) is 4.99 Å². The summed E-state index contributed by atoms with van der Waals surface area (Å²) in [6.07, 6.45) is 1.65. The average Bonchev–Trinajstić information content (AvgIpc) is 2.87. The first-order chi connectivity index (χ1) is 8.79. The van der Waals surface area contributed by atoms with Crippen LogP contribution in [0.4, 0.5) is 11.4 Å². The molecule has 2 aromatic rings. The predicted octanol–water partition coefficient (Wildman–Crippen LogP) is 0.244. The highest BCUT2D eigenvalue weighted by molar-refractivity contribution is 5.68. The Morgan fingerprint density at radius 3 is 2.78 bits per heavy atom. The van der Waals surface area contributed by atoms with Crippen molar-refractivity contribution in [1.82, 2.24) is 5.32 Å². The van der Waals surface area contributed by atoms with Crippen molar-refractivity contribution in [1.29, 1.82) is 0 Å². The van der Waals surface area contributed by atoms with Crippen LogP contribution in [0.2, 0.25) is 0 Å². The quantitative estimate of drug-likeness (QED) is 0.741. The zero-order valence-electron chi connectivity index (χ0n) is 10.1. The van der Waals surface area contributed by atoms with E-state index in [1.165, 1.54) is 0 Å². The average molecular weight is 242 g/mol. The number of nitrogens with two attached hydrogens (primary N) is 1. The number of nitrogen functional groups attached to an aromatic ring is 1. The van der Waals surface area contributed by atoms with Crippen LogP contribution in [0.3, 0.4) is 0 Å². The molecule has 5 heteroatoms. The summed E-state index contributed by atoms with van der Waals surface area (Å²) in [4.78, 5) is 6.48. The van der Waals surface area contributed by atoms with Crippen LogP contribution in [0.5, 0.6) is 0 Å². The second-order valence-corrected chi connectivity index (χ2v) is 4.06. The van der Waals surface area contributed by atoms with E-state index in [0.29, 0.717) is 12.2 Å². The van der Waals surface area contributed by atoms with Crippen LogP contribution in [0, 0.1) is 0 Å². The molecule has 1 aromatic heterocycles. The molecule has 0 aliphatic carbocycles. The molecule has 3 rings (SSSR count). The van der Waals surface area contributed by atoms with Crippen LogP contribution in [0.15, 0.2) is 46.0 Å². The summed E-state index contributed by atoms with van der Waals surface area (Å²) in [5.74, 6) is 0.985. The molecule has 1 aliphatic heterocycles. The number of anilines is 2. The van der Waals surface area contributed by atoms with Crippen molar-refractivity contribution in [3.63, 3.8) is 0 Å². The molecule has 92 valence electrons. The molecule has 0 radical (unpaired) electrons. The van der Waals surface area contributed by atoms with Crippen LogP contribution in [-0.2, 0) is 0 Å². The lowest BCUT2D eigenvalue weighted by molar-refractivity contribution is 0.500. The summed E-state index contributed by atoms with van der Waals surface area (Å²) in [7, 11) is 1.89. The molecule has 0 unspecified atom stereocenters. The number of fused-ring (bicyclic) bond motifs is 1. The summed E-state index contributed by atoms with van der Waals surface area (Å²) in [6, 6.07) is 9.63. The fraction of sp³-hybridized carbons (Fsp3) is 0.154. The largest absolute Gasteiger partial charge is 0.446 e. The number of benzene rings is 1. The van der Waals surface area contributed by atoms with Crippen molar-refractivity contribution in [2.75, 3.05) is 24.3 Å². The molecule has 1 aromatic carbocycles. The highest BCUT2D eigenvalue weighted by Gasteiger charge is 2.16. The number of furan rings is 1. The lowest BCUT2D eigenvalue weighted by Crippen LogP contribution is -2.43. The Labute approximate surface area is 104 Å². The lowest BCUT2D eigenvalue weighted by Gasteiger charge is -2.26. The molecule has 5 nitrogen and oxygen atoms in total. The van der Waals surface area contributed by atoms with Gasteiger partial charge in [0.05, 0.1) is 11.5 Å². The van der Waals surface area contributed by atoms with Crippen molar-refractivity contribution < 1.29 is 4.42 Å². The number of hydrogen-bond donors (Lipinski definition) is 2. The third kappa shape index (κ3) is 1.60. The van der Waals surface area contributed by atoms with Crippen LogP contribution >= 0.6 is 0 Å². The molecule has 0 spiro atoms. The number of nitrogens with one attached hydrogen (secondary N) is 1. The molecule has 0 bridgehead atoms. The topological polar surface area (TPSA) is 66.8 Å². The summed E-state index contributed by atoms with van der Waals surface area (Å²) < 4.78 is 5.32. The molecule has 18 heavy (non-hydrogen) atoms. The van der Waals surface area contributed by atoms with E-state index < -0.39 is 0 Å². The van der Waals surface area contributed by atoms with E-state index in [0.717, 1.165) is 22.4 Å². The number of rotatable bonds is 2. The monoisotopic (exact) mass is 242 g/mol. The van der Waals surface area contributed by atoms with Gasteiger partial charge in [-0.05, 0) is 30.3 Å². The summed E-state index contributed by atoms with van der Waals surface area (Å²) in [5, 5.41) is 4.17. The molecule has 0 saturated carbocycles. The van der Waals surface area contributed by atoms with E-state index in [2.05, 4.69) is 15.2 Å². The summed E-state index contributed by atoms with van der Waals surface area (Å²) in [5.41, 5.74) is 8.17. The molecular weight excluding hydrogens is 228 g/mol. The highest BCUT2D eigenvalue weighted by atomic mass is 16.3. The van der Waals surface area contributed by atoms with Crippen molar-refractivity contribution in [2.45, 2.75) is 0 Å². The number of hydrogen-bond acceptors (Lipinski definition) is 5. The first-order valence-corrected chi connectivity index (χ1v) is 5.73. The maximum atomic E-state index is 5.70. The van der Waals surface area contributed by atoms with Gasteiger partial charge in [-0.3, -0.25) is 0 Å². The van der Waals surface area contributed by atoms with E-state index in [9.17, 15) is 0 Å². The minimum absolute atomic E-state index is 0.528. The molecule has 3 N–H and O–H groups in total. The molecule has 0 atom stereocenters. The third-order valence-electron chi connectivity index (χ3n) is 2.97. The molecule has 0 fully saturated rings. The van der Waals surface area contributed by atoms with Gasteiger partial charge in [0, 0.05) is 18.4 Å². The second kappa shape index (κ2) is 4.10. The third-order valence-corrected chi connectivity index (χ3v) is 2.97. The van der Waals surface area contributed by atoms with Crippen LogP contribution < -0.4 is 26.7 Å². The molecule has 1 aliphatic rings. The summed E-state index contributed by atoms with van der Waals surface area (Å²) >= 11 is 0. The predicted molar refractivity (Wildman–Crippen MR) is 70.2 cm³/mol. The van der Waals surface area contributed by atoms with Crippen LogP contribution in [-0.4, -0.2) is 13.7 Å². The van der Waals surface area contributed by atoms with E-state index in [1.807, 2.05) is 37.4 Å². The van der Waals surface area contributed by atoms with Gasteiger partial charge in [-0.1, -0.05) is 0 Å². The number of nitrogens with zero attached hydrogens (tertiary/aromatic N) is 2. The van der Waals surface area contributed by atoms with Gasteiger partial charge in [-0.15, -0.1) is 0 Å². The Morgan fingerprint density at radius 1 is 1.28 bits per heavy atom. The molecule has 2 heterocycles. The standard InChI is InChI=1S/C13H14N4O/c1-15-12-11-6-7-18-13(11)16-8-17(12)10-4-2-9(14)3-5-10/h2-7,15H,8,14H2,1H3. The van der Waals surface area contributed by atoms with Gasteiger partial charge >= 0.3 is 0 Å². The Balaban J connectivity index is 2.13. The van der Waals surface area contributed by atoms with Gasteiger partial charge in [0.25, 0.3) is 0 Å². The Hall–Kier alpha value is -2.43. The second-order valence-electron chi connectivity index (χ2n) is 4.06. The fourth-order valence-electron chi connectivity index (χ4n) is 2.09. The maximum absolute atomic E-state index is 5.70. The molecular formula is C13H14N4O. The van der Waals surface area contributed by atoms with Gasteiger partial charge in [0.2, 0.25) is 5.55 Å². The van der Waals surface area contributed by atoms with Crippen molar-refractivity contribution in [3.05, 3.63) is 47.4 Å². The van der Waals surface area contributed by atoms with Gasteiger partial charge in [-0.2, -0.15) is 0 Å². The Kier molecular flexibility index (Phi) is 2.44. The van der Waals surface area contributed by atoms with Gasteiger partial charge < -0.3 is 20.4 Å². The first kappa shape index (κ1) is 10.7. The van der Waals surface area contributed by atoms with E-state index in [-0.39, 0.29) is 0 Å². The fourth-order valence-corrected chi connectivity index (χ4v) is 2.09. The van der Waals surface area contributed by atoms with E-state index in [1.54, 1.807) is 6.26 Å². The van der Waals surface area contributed by atoms with Gasteiger partial charge in [0.15, 0.2) is 0 Å². The lowest BCUT2D eigenvalue weighted by atomic mass is 10.2. The Morgan fingerprint density at radius 2 is 2.06 bits per heavy atom. The smallest absolute Gasteiger partial charge is 0.226 e. The van der Waals surface area contributed by atoms with E-state index in [4.69, 9.17) is 10.2 Å². The normalized spacial score (nSPS) is 14.1. The zero-order chi connectivity index (χ0) is 12.5. The highest BCUT2D eigenvalue weighted by Crippen LogP contribution is 2.20. The summed E-state index contributed by atoms with van der Waals surface area (Å²) in [6.45, 7) is 0.528. The zero-order valence-corrected chi connectivity index (χ0v) is 10.1. The van der Waals surface area contributed by atoms with Gasteiger partial charge in [-0.25, -0.2) is 4.99 Å². The van der Waals surface area contributed by atoms with Crippen molar-refractivity contribution >= 4 is 17.2 Å². The van der Waals surface area contributed by atoms with Gasteiger partial charge in [0.1, 0.15) is 12.5 Å². The Bertz CT molecular complexity index is 672.